The van der Waals surface area contributed by atoms with Gasteiger partial charge in [-0.1, -0.05) is 0 Å². The number of carboxylic acids is 1. The number of aromatic nitrogens is 3. The monoisotopic (exact) mass is 320 g/mol. The molecule has 23 heavy (non-hydrogen) atoms. The maximum atomic E-state index is 11.7. The van der Waals surface area contributed by atoms with Crippen molar-refractivity contribution < 1.29 is 19.4 Å². The summed E-state index contributed by atoms with van der Waals surface area (Å²) in [5, 5.41) is 9.35. The maximum Gasteiger partial charge on any atom is 0.341 e. The van der Waals surface area contributed by atoms with Crippen molar-refractivity contribution in [2.45, 2.75) is 0 Å². The Morgan fingerprint density at radius 1 is 1.43 bits per heavy atom. The highest BCUT2D eigenvalue weighted by atomic mass is 16.5. The van der Waals surface area contributed by atoms with Gasteiger partial charge in [-0.2, -0.15) is 4.98 Å². The van der Waals surface area contributed by atoms with Gasteiger partial charge in [-0.3, -0.25) is 9.69 Å². The van der Waals surface area contributed by atoms with Gasteiger partial charge in [-0.15, -0.1) is 0 Å². The fourth-order valence-corrected chi connectivity index (χ4v) is 2.30. The van der Waals surface area contributed by atoms with E-state index in [1.807, 2.05) is 0 Å². The molecule has 1 aliphatic rings. The summed E-state index contributed by atoms with van der Waals surface area (Å²) in [6, 6.07) is 1.39. The van der Waals surface area contributed by atoms with E-state index in [-0.39, 0.29) is 17.2 Å². The van der Waals surface area contributed by atoms with Gasteiger partial charge in [0.1, 0.15) is 17.8 Å². The van der Waals surface area contributed by atoms with Crippen LogP contribution >= 0.6 is 0 Å². The van der Waals surface area contributed by atoms with E-state index in [2.05, 4.69) is 19.9 Å². The van der Waals surface area contributed by atoms with Crippen LogP contribution < -0.4 is 10.3 Å². The smallest absolute Gasteiger partial charge is 0.341 e. The summed E-state index contributed by atoms with van der Waals surface area (Å²) in [5.41, 5.74) is -0.804. The Labute approximate surface area is 130 Å². The van der Waals surface area contributed by atoms with E-state index < -0.39 is 11.5 Å². The SMILES string of the molecule is O=C(O)c1cc2cnc(OCCN3CCOCC3)nc2[nH]c1=O. The van der Waals surface area contributed by atoms with Crippen molar-refractivity contribution in [1.29, 1.82) is 0 Å². The average Bonchev–Trinajstić information content (AvgIpc) is 2.55. The third-order valence-corrected chi connectivity index (χ3v) is 3.54. The number of H-pyrrole nitrogens is 1. The fourth-order valence-electron chi connectivity index (χ4n) is 2.30. The van der Waals surface area contributed by atoms with Crippen molar-refractivity contribution >= 4 is 17.0 Å². The molecular formula is C14H16N4O5. The molecule has 0 spiro atoms. The third kappa shape index (κ3) is 3.63. The van der Waals surface area contributed by atoms with Crippen molar-refractivity contribution in [2.75, 3.05) is 39.5 Å². The summed E-state index contributed by atoms with van der Waals surface area (Å²) in [4.78, 5) is 35.3. The van der Waals surface area contributed by atoms with Crippen molar-refractivity contribution in [3.8, 4) is 6.01 Å². The van der Waals surface area contributed by atoms with Crippen LogP contribution in [-0.2, 0) is 4.74 Å². The quantitative estimate of drug-likeness (QED) is 0.773. The number of ether oxygens (including phenoxy) is 2. The number of aromatic carboxylic acids is 1. The molecule has 1 fully saturated rings. The Bertz CT molecular complexity index is 769. The zero-order chi connectivity index (χ0) is 16.2. The number of nitrogens with one attached hydrogen (secondary N) is 1. The molecule has 0 aromatic carbocycles. The topological polar surface area (TPSA) is 118 Å². The number of fused-ring (bicyclic) bond motifs is 1. The van der Waals surface area contributed by atoms with Crippen LogP contribution in [0.15, 0.2) is 17.1 Å². The second kappa shape index (κ2) is 6.71. The Morgan fingerprint density at radius 2 is 2.22 bits per heavy atom. The highest BCUT2D eigenvalue weighted by Gasteiger charge is 2.13. The predicted molar refractivity (Wildman–Crippen MR) is 79.9 cm³/mol. The van der Waals surface area contributed by atoms with Crippen molar-refractivity contribution in [3.63, 3.8) is 0 Å². The first-order valence-corrected chi connectivity index (χ1v) is 7.20. The second-order valence-corrected chi connectivity index (χ2v) is 5.08. The van der Waals surface area contributed by atoms with Crippen LogP contribution in [0.25, 0.3) is 11.0 Å². The number of carboxylic acid groups (broad SMARTS) is 1. The van der Waals surface area contributed by atoms with Crippen LogP contribution in [0.2, 0.25) is 0 Å². The molecule has 0 saturated carbocycles. The van der Waals surface area contributed by atoms with Crippen LogP contribution in [0, 0.1) is 0 Å². The number of rotatable bonds is 5. The zero-order valence-corrected chi connectivity index (χ0v) is 12.3. The van der Waals surface area contributed by atoms with E-state index in [1.165, 1.54) is 12.3 Å². The normalized spacial score (nSPS) is 15.7. The molecule has 2 aromatic rings. The molecule has 122 valence electrons. The lowest BCUT2D eigenvalue weighted by molar-refractivity contribution is 0.0317. The Morgan fingerprint density at radius 3 is 2.96 bits per heavy atom. The highest BCUT2D eigenvalue weighted by Crippen LogP contribution is 2.11. The predicted octanol–water partition coefficient (Wildman–Crippen LogP) is -0.273. The molecule has 0 radical (unpaired) electrons. The summed E-state index contributed by atoms with van der Waals surface area (Å²) in [6.45, 7) is 4.34. The molecule has 0 aliphatic carbocycles. The summed E-state index contributed by atoms with van der Waals surface area (Å²) < 4.78 is 10.8. The molecule has 2 aromatic heterocycles. The first kappa shape index (κ1) is 15.4. The minimum atomic E-state index is -1.29. The number of pyridine rings is 1. The average molecular weight is 320 g/mol. The largest absolute Gasteiger partial charge is 0.477 e. The van der Waals surface area contributed by atoms with Crippen molar-refractivity contribution in [3.05, 3.63) is 28.2 Å². The summed E-state index contributed by atoms with van der Waals surface area (Å²) in [7, 11) is 0. The van der Waals surface area contributed by atoms with Gasteiger partial charge >= 0.3 is 12.0 Å². The van der Waals surface area contributed by atoms with E-state index in [0.29, 0.717) is 12.0 Å². The first-order valence-electron chi connectivity index (χ1n) is 7.20. The molecule has 0 atom stereocenters. The third-order valence-electron chi connectivity index (χ3n) is 3.54. The number of morpholine rings is 1. The van der Waals surface area contributed by atoms with Gasteiger partial charge in [0.15, 0.2) is 0 Å². The van der Waals surface area contributed by atoms with Gasteiger partial charge in [-0.05, 0) is 6.07 Å². The maximum absolute atomic E-state index is 11.7. The molecule has 9 nitrogen and oxygen atoms in total. The Kier molecular flexibility index (Phi) is 4.49. The summed E-state index contributed by atoms with van der Waals surface area (Å²) >= 11 is 0. The van der Waals surface area contributed by atoms with E-state index in [1.54, 1.807) is 0 Å². The van der Waals surface area contributed by atoms with Gasteiger partial charge in [0.25, 0.3) is 5.56 Å². The molecule has 9 heteroatoms. The number of hydrogen-bond acceptors (Lipinski definition) is 7. The molecule has 1 aliphatic heterocycles. The van der Waals surface area contributed by atoms with Crippen molar-refractivity contribution in [1.82, 2.24) is 19.9 Å². The van der Waals surface area contributed by atoms with Gasteiger partial charge in [0.05, 0.1) is 13.2 Å². The Hall–Kier alpha value is -2.52. The summed E-state index contributed by atoms with van der Waals surface area (Å²) in [6.07, 6.45) is 1.43. The second-order valence-electron chi connectivity index (χ2n) is 5.08. The molecule has 2 N–H and O–H groups in total. The van der Waals surface area contributed by atoms with E-state index in [4.69, 9.17) is 14.6 Å². The standard InChI is InChI=1S/C14H16N4O5/c19-12-10(13(20)21)7-9-8-15-14(17-11(9)16-12)23-6-3-18-1-4-22-5-2-18/h7-8H,1-6H2,(H,20,21)(H,15,16,17,19). The van der Waals surface area contributed by atoms with Gasteiger partial charge in [-0.25, -0.2) is 9.78 Å². The number of aromatic amines is 1. The molecule has 0 unspecified atom stereocenters. The summed E-state index contributed by atoms with van der Waals surface area (Å²) in [5.74, 6) is -1.29. The van der Waals surface area contributed by atoms with E-state index >= 15 is 0 Å². The van der Waals surface area contributed by atoms with Crippen LogP contribution in [0.1, 0.15) is 10.4 Å². The molecule has 0 amide bonds. The van der Waals surface area contributed by atoms with Gasteiger partial charge in [0.2, 0.25) is 0 Å². The van der Waals surface area contributed by atoms with E-state index in [0.717, 1.165) is 32.8 Å². The molecule has 0 bridgehead atoms. The lowest BCUT2D eigenvalue weighted by Crippen LogP contribution is -2.38. The zero-order valence-electron chi connectivity index (χ0n) is 12.3. The molecular weight excluding hydrogens is 304 g/mol. The lowest BCUT2D eigenvalue weighted by atomic mass is 10.2. The highest BCUT2D eigenvalue weighted by molar-refractivity contribution is 5.91. The molecule has 3 rings (SSSR count). The lowest BCUT2D eigenvalue weighted by Gasteiger charge is -2.26. The minimum Gasteiger partial charge on any atom is -0.477 e. The first-order chi connectivity index (χ1) is 11.1. The minimum absolute atomic E-state index is 0.143. The van der Waals surface area contributed by atoms with Gasteiger partial charge < -0.3 is 19.6 Å². The fraction of sp³-hybridized carbons (Fsp3) is 0.429. The molecule has 3 heterocycles. The Balaban J connectivity index is 1.68. The van der Waals surface area contributed by atoms with Gasteiger partial charge in [0, 0.05) is 31.2 Å². The van der Waals surface area contributed by atoms with E-state index in [9.17, 15) is 9.59 Å². The van der Waals surface area contributed by atoms with Crippen molar-refractivity contribution in [2.24, 2.45) is 0 Å². The number of hydrogen-bond donors (Lipinski definition) is 2. The van der Waals surface area contributed by atoms with Crippen LogP contribution in [0.4, 0.5) is 0 Å². The van der Waals surface area contributed by atoms with Crippen LogP contribution in [-0.4, -0.2) is 70.4 Å². The van der Waals surface area contributed by atoms with Crippen LogP contribution in [0.5, 0.6) is 6.01 Å². The van der Waals surface area contributed by atoms with Crippen LogP contribution in [0.3, 0.4) is 0 Å². The number of carbonyl (C=O) groups is 1. The molecule has 1 saturated heterocycles. The number of nitrogens with zero attached hydrogens (tertiary/aromatic N) is 3.